The number of ketones is 1. The fourth-order valence-corrected chi connectivity index (χ4v) is 3.09. The molecule has 0 radical (unpaired) electrons. The quantitative estimate of drug-likeness (QED) is 0.737. The number of hydrogen-bond acceptors (Lipinski definition) is 2. The molecule has 0 saturated carbocycles. The molecule has 0 N–H and O–H groups in total. The molecule has 1 saturated heterocycles. The van der Waals surface area contributed by atoms with Crippen molar-refractivity contribution in [1.29, 1.82) is 0 Å². The van der Waals surface area contributed by atoms with Crippen LogP contribution in [0.4, 0.5) is 5.69 Å². The molecule has 0 amide bonds. The number of rotatable bonds is 1. The Morgan fingerprint density at radius 3 is 2.59 bits per heavy atom. The van der Waals surface area contributed by atoms with E-state index < -0.39 is 0 Å². The maximum atomic E-state index is 11.9. The molecule has 1 heterocycles. The zero-order valence-electron chi connectivity index (χ0n) is 10.2. The molecule has 1 aliphatic heterocycles. The summed E-state index contributed by atoms with van der Waals surface area (Å²) in [5.41, 5.74) is 3.63. The smallest absolute Gasteiger partial charge is 0.163 e. The molecule has 0 bridgehead atoms. The van der Waals surface area contributed by atoms with Gasteiger partial charge in [0.25, 0.3) is 0 Å². The van der Waals surface area contributed by atoms with E-state index in [0.717, 1.165) is 37.9 Å². The number of anilines is 1. The number of Topliss-reactive ketones (excluding diaryl/α,β-unsaturated/α-hetero) is 1. The highest BCUT2D eigenvalue weighted by Crippen LogP contribution is 2.31. The van der Waals surface area contributed by atoms with Gasteiger partial charge in [-0.15, -0.1) is 0 Å². The third kappa shape index (κ3) is 1.97. The van der Waals surface area contributed by atoms with Crippen molar-refractivity contribution in [3.63, 3.8) is 0 Å². The van der Waals surface area contributed by atoms with Crippen LogP contribution in [0, 0.1) is 0 Å². The van der Waals surface area contributed by atoms with Crippen molar-refractivity contribution < 1.29 is 4.79 Å². The molecular weight excluding hydrogens is 210 g/mol. The number of nitrogens with zero attached hydrogens (tertiary/aromatic N) is 1. The van der Waals surface area contributed by atoms with Crippen molar-refractivity contribution in [1.82, 2.24) is 0 Å². The average molecular weight is 229 g/mol. The highest BCUT2D eigenvalue weighted by atomic mass is 16.1. The van der Waals surface area contributed by atoms with Crippen LogP contribution >= 0.6 is 0 Å². The van der Waals surface area contributed by atoms with Gasteiger partial charge in [0, 0.05) is 30.8 Å². The monoisotopic (exact) mass is 229 g/mol. The maximum Gasteiger partial charge on any atom is 0.163 e. The Kier molecular flexibility index (Phi) is 2.87. The van der Waals surface area contributed by atoms with Crippen LogP contribution in [0.1, 0.15) is 48.0 Å². The van der Waals surface area contributed by atoms with Crippen LogP contribution in [-0.4, -0.2) is 18.9 Å². The zero-order valence-corrected chi connectivity index (χ0v) is 10.2. The summed E-state index contributed by atoms with van der Waals surface area (Å²) in [6.45, 7) is 2.31. The van der Waals surface area contributed by atoms with Gasteiger partial charge in [-0.05, 0) is 43.7 Å². The van der Waals surface area contributed by atoms with E-state index in [1.807, 2.05) is 12.1 Å². The maximum absolute atomic E-state index is 11.9. The lowest BCUT2D eigenvalue weighted by molar-refractivity contribution is 0.0972. The lowest BCUT2D eigenvalue weighted by Gasteiger charge is -2.32. The minimum Gasteiger partial charge on any atom is -0.371 e. The predicted molar refractivity (Wildman–Crippen MR) is 69.8 cm³/mol. The summed E-state index contributed by atoms with van der Waals surface area (Å²) >= 11 is 0. The summed E-state index contributed by atoms with van der Waals surface area (Å²) in [6.07, 6.45) is 6.76. The van der Waals surface area contributed by atoms with Gasteiger partial charge in [-0.1, -0.05) is 12.1 Å². The first-order valence-corrected chi connectivity index (χ1v) is 6.76. The fraction of sp³-hybridized carbons (Fsp3) is 0.533. The van der Waals surface area contributed by atoms with E-state index in [9.17, 15) is 4.79 Å². The molecule has 0 unspecified atom stereocenters. The molecule has 0 atom stereocenters. The average Bonchev–Trinajstić information content (AvgIpc) is 2.40. The van der Waals surface area contributed by atoms with Gasteiger partial charge in [0.15, 0.2) is 5.78 Å². The number of benzene rings is 1. The van der Waals surface area contributed by atoms with Gasteiger partial charge < -0.3 is 4.90 Å². The van der Waals surface area contributed by atoms with Gasteiger partial charge in [0.05, 0.1) is 0 Å². The topological polar surface area (TPSA) is 20.3 Å². The summed E-state index contributed by atoms with van der Waals surface area (Å²) in [6, 6.07) is 6.25. The van der Waals surface area contributed by atoms with Crippen molar-refractivity contribution in [2.45, 2.75) is 38.5 Å². The second kappa shape index (κ2) is 4.52. The minimum absolute atomic E-state index is 0.338. The molecule has 90 valence electrons. The standard InChI is InChI=1S/C15H19NO/c17-15-9-5-6-12-13(15)7-4-8-14(12)16-10-2-1-3-11-16/h4,7-8H,1-3,5-6,9-11H2. The van der Waals surface area contributed by atoms with Gasteiger partial charge in [-0.3, -0.25) is 4.79 Å². The molecule has 1 aromatic carbocycles. The number of hydrogen-bond donors (Lipinski definition) is 0. The van der Waals surface area contributed by atoms with Crippen molar-refractivity contribution >= 4 is 11.5 Å². The molecule has 1 aromatic rings. The molecular formula is C15H19NO. The van der Waals surface area contributed by atoms with Crippen molar-refractivity contribution in [2.75, 3.05) is 18.0 Å². The van der Waals surface area contributed by atoms with E-state index in [-0.39, 0.29) is 0 Å². The Bertz CT molecular complexity index is 433. The minimum atomic E-state index is 0.338. The van der Waals surface area contributed by atoms with E-state index in [1.165, 1.54) is 30.5 Å². The number of piperidine rings is 1. The third-order valence-corrected chi connectivity index (χ3v) is 3.98. The van der Waals surface area contributed by atoms with Crippen molar-refractivity contribution in [3.8, 4) is 0 Å². The van der Waals surface area contributed by atoms with E-state index in [1.54, 1.807) is 0 Å². The molecule has 0 spiro atoms. The Hall–Kier alpha value is -1.31. The number of carbonyl (C=O) groups is 1. The lowest BCUT2D eigenvalue weighted by atomic mass is 9.89. The molecule has 17 heavy (non-hydrogen) atoms. The number of fused-ring (bicyclic) bond motifs is 1. The highest BCUT2D eigenvalue weighted by Gasteiger charge is 2.22. The van der Waals surface area contributed by atoms with E-state index >= 15 is 0 Å². The second-order valence-electron chi connectivity index (χ2n) is 5.13. The highest BCUT2D eigenvalue weighted by molar-refractivity contribution is 5.99. The molecule has 1 fully saturated rings. The van der Waals surface area contributed by atoms with Gasteiger partial charge in [-0.25, -0.2) is 0 Å². The van der Waals surface area contributed by atoms with Crippen LogP contribution in [0.25, 0.3) is 0 Å². The van der Waals surface area contributed by atoms with Crippen LogP contribution in [-0.2, 0) is 6.42 Å². The fourth-order valence-electron chi connectivity index (χ4n) is 3.09. The largest absolute Gasteiger partial charge is 0.371 e. The summed E-state index contributed by atoms with van der Waals surface area (Å²) in [5, 5.41) is 0. The van der Waals surface area contributed by atoms with Crippen LogP contribution in [0.3, 0.4) is 0 Å². The van der Waals surface area contributed by atoms with Gasteiger partial charge >= 0.3 is 0 Å². The second-order valence-corrected chi connectivity index (χ2v) is 5.13. The van der Waals surface area contributed by atoms with E-state index in [2.05, 4.69) is 11.0 Å². The van der Waals surface area contributed by atoms with Crippen LogP contribution in [0.5, 0.6) is 0 Å². The first-order valence-electron chi connectivity index (χ1n) is 6.76. The summed E-state index contributed by atoms with van der Waals surface area (Å²) < 4.78 is 0. The molecule has 2 aliphatic rings. The summed E-state index contributed by atoms with van der Waals surface area (Å²) in [5.74, 6) is 0.338. The number of carbonyl (C=O) groups excluding carboxylic acids is 1. The predicted octanol–water partition coefficient (Wildman–Crippen LogP) is 3.20. The Labute approximate surface area is 103 Å². The third-order valence-electron chi connectivity index (χ3n) is 3.98. The van der Waals surface area contributed by atoms with Crippen molar-refractivity contribution in [2.24, 2.45) is 0 Å². The van der Waals surface area contributed by atoms with Crippen LogP contribution < -0.4 is 4.90 Å². The van der Waals surface area contributed by atoms with Crippen LogP contribution in [0.2, 0.25) is 0 Å². The zero-order chi connectivity index (χ0) is 11.7. The van der Waals surface area contributed by atoms with Gasteiger partial charge in [-0.2, -0.15) is 0 Å². The van der Waals surface area contributed by atoms with Crippen LogP contribution in [0.15, 0.2) is 18.2 Å². The molecule has 2 heteroatoms. The Morgan fingerprint density at radius 2 is 1.76 bits per heavy atom. The first-order chi connectivity index (χ1) is 8.36. The SMILES string of the molecule is O=C1CCCc2c1cccc2N1CCCCC1. The Morgan fingerprint density at radius 1 is 0.941 bits per heavy atom. The molecule has 0 aromatic heterocycles. The normalized spacial score (nSPS) is 20.2. The summed E-state index contributed by atoms with van der Waals surface area (Å²) in [7, 11) is 0. The van der Waals surface area contributed by atoms with E-state index in [4.69, 9.17) is 0 Å². The molecule has 2 nitrogen and oxygen atoms in total. The summed E-state index contributed by atoms with van der Waals surface area (Å²) in [4.78, 5) is 14.4. The van der Waals surface area contributed by atoms with E-state index in [0.29, 0.717) is 5.78 Å². The van der Waals surface area contributed by atoms with Gasteiger partial charge in [0.1, 0.15) is 0 Å². The first kappa shape index (κ1) is 10.8. The van der Waals surface area contributed by atoms with Gasteiger partial charge in [0.2, 0.25) is 0 Å². The van der Waals surface area contributed by atoms with Crippen molar-refractivity contribution in [3.05, 3.63) is 29.3 Å². The lowest BCUT2D eigenvalue weighted by Crippen LogP contribution is -2.31. The molecule has 3 rings (SSSR count). The Balaban J connectivity index is 1.99. The molecule has 1 aliphatic carbocycles.